The number of allylic oxidation sites excluding steroid dienone is 1. The molecule has 3 aliphatic rings. The number of carbonyl (C=O) groups excluding carboxylic acids is 4. The number of likely N-dealkylation sites (N-methyl/N-ethyl adjacent to an activating group) is 1. The average molecular weight is 626 g/mol. The van der Waals surface area contributed by atoms with Crippen molar-refractivity contribution in [3.63, 3.8) is 0 Å². The van der Waals surface area contributed by atoms with Gasteiger partial charge in [-0.3, -0.25) is 24.1 Å². The van der Waals surface area contributed by atoms with Crippen LogP contribution in [-0.2, 0) is 20.8 Å². The molecule has 5 atom stereocenters. The molecule has 2 aromatic carbocycles. The molecule has 3 unspecified atom stereocenters. The molecular weight excluding hydrogens is 598 g/mol. The van der Waals surface area contributed by atoms with Crippen LogP contribution in [0.5, 0.6) is 5.75 Å². The number of nitrogens with one attached hydrogen (secondary N) is 1. The molecule has 2 amide bonds. The Hall–Kier alpha value is -4.00. The van der Waals surface area contributed by atoms with Gasteiger partial charge in [0.2, 0.25) is 11.7 Å². The van der Waals surface area contributed by atoms with Crippen molar-refractivity contribution in [2.24, 2.45) is 17.6 Å². The first-order valence-electron chi connectivity index (χ1n) is 12.8. The number of hydrogen-bond donors (Lipinski definition) is 6. The second-order valence-electron chi connectivity index (χ2n) is 10.7. The molecule has 0 aromatic heterocycles. The highest BCUT2D eigenvalue weighted by atomic mass is 79.9. The molecule has 214 valence electrons. The Bertz CT molecular complexity index is 1570. The minimum absolute atomic E-state index is 0.00659. The quantitative estimate of drug-likeness (QED) is 0.164. The number of nitrogens with zero attached hydrogens (tertiary/aromatic N) is 1. The van der Waals surface area contributed by atoms with Crippen molar-refractivity contribution in [1.82, 2.24) is 4.90 Å². The fraction of sp³-hybridized carbons (Fsp3) is 0.310. The number of phenols is 1. The molecule has 0 saturated carbocycles. The number of alkyl halides is 1. The molecule has 2 aromatic rings. The van der Waals surface area contributed by atoms with E-state index in [0.717, 1.165) is 0 Å². The van der Waals surface area contributed by atoms with Gasteiger partial charge in [-0.05, 0) is 50.0 Å². The van der Waals surface area contributed by atoms with Crippen LogP contribution in [0.3, 0.4) is 0 Å². The monoisotopic (exact) mass is 625 g/mol. The number of nitrogens with two attached hydrogens (primary N) is 1. The van der Waals surface area contributed by atoms with Gasteiger partial charge in [0.05, 0.1) is 17.3 Å². The average Bonchev–Trinajstić information content (AvgIpc) is 2.91. The molecule has 7 N–H and O–H groups in total. The predicted molar refractivity (Wildman–Crippen MR) is 150 cm³/mol. The number of ketones is 2. The maximum Gasteiger partial charge on any atom is 0.255 e. The Morgan fingerprint density at radius 2 is 1.76 bits per heavy atom. The van der Waals surface area contributed by atoms with E-state index in [9.17, 15) is 39.6 Å². The van der Waals surface area contributed by atoms with E-state index in [1.165, 1.54) is 11.0 Å². The number of rotatable bonds is 5. The maximum atomic E-state index is 13.8. The van der Waals surface area contributed by atoms with E-state index >= 15 is 0 Å². The van der Waals surface area contributed by atoms with Gasteiger partial charge in [0, 0.05) is 11.5 Å². The summed E-state index contributed by atoms with van der Waals surface area (Å²) < 4.78 is 0. The molecule has 0 radical (unpaired) electrons. The molecule has 3 aliphatic carbocycles. The molecule has 0 bridgehead atoms. The second-order valence-corrected chi connectivity index (χ2v) is 11.6. The number of carbonyl (C=O) groups is 4. The lowest BCUT2D eigenvalue weighted by Crippen LogP contribution is -2.63. The number of aromatic hydroxyl groups is 1. The molecule has 0 spiro atoms. The third kappa shape index (κ3) is 4.25. The summed E-state index contributed by atoms with van der Waals surface area (Å²) in [5, 5.41) is 47.6. The maximum absolute atomic E-state index is 13.8. The van der Waals surface area contributed by atoms with Crippen LogP contribution >= 0.6 is 15.9 Å². The first kappa shape index (κ1) is 28.5. The van der Waals surface area contributed by atoms with Crippen LogP contribution in [0.15, 0.2) is 65.1 Å². The van der Waals surface area contributed by atoms with Gasteiger partial charge in [0.1, 0.15) is 21.9 Å². The van der Waals surface area contributed by atoms with Crippen molar-refractivity contribution in [2.75, 3.05) is 19.4 Å². The van der Waals surface area contributed by atoms with Crippen LogP contribution in [0.2, 0.25) is 0 Å². The summed E-state index contributed by atoms with van der Waals surface area (Å²) in [6.45, 7) is 0. The molecule has 5 rings (SSSR count). The smallest absolute Gasteiger partial charge is 0.255 e. The minimum atomic E-state index is -2.72. The Kier molecular flexibility index (Phi) is 7.04. The van der Waals surface area contributed by atoms with Gasteiger partial charge in [0.25, 0.3) is 5.91 Å². The number of hydrogen-bond acceptors (Lipinski definition) is 9. The zero-order chi connectivity index (χ0) is 30.0. The van der Waals surface area contributed by atoms with Crippen LogP contribution in [-0.4, -0.2) is 74.4 Å². The lowest BCUT2D eigenvalue weighted by molar-refractivity contribution is -0.148. The zero-order valence-electron chi connectivity index (χ0n) is 22.1. The van der Waals surface area contributed by atoms with Gasteiger partial charge in [-0.15, -0.1) is 0 Å². The van der Waals surface area contributed by atoms with Gasteiger partial charge >= 0.3 is 0 Å². The number of primary amides is 1. The molecule has 41 heavy (non-hydrogen) atoms. The van der Waals surface area contributed by atoms with E-state index in [0.29, 0.717) is 11.1 Å². The van der Waals surface area contributed by atoms with E-state index < -0.39 is 74.5 Å². The second kappa shape index (κ2) is 10.1. The lowest BCUT2D eigenvalue weighted by Gasteiger charge is -2.50. The van der Waals surface area contributed by atoms with Crippen molar-refractivity contribution in [2.45, 2.75) is 29.3 Å². The predicted octanol–water partition coefficient (Wildman–Crippen LogP) is 2.20. The highest BCUT2D eigenvalue weighted by Crippen LogP contribution is 2.52. The van der Waals surface area contributed by atoms with E-state index in [1.807, 2.05) is 0 Å². The van der Waals surface area contributed by atoms with Crippen LogP contribution in [0.1, 0.15) is 32.7 Å². The number of anilines is 1. The van der Waals surface area contributed by atoms with Crippen molar-refractivity contribution in [1.29, 1.82) is 0 Å². The van der Waals surface area contributed by atoms with Crippen LogP contribution in [0.4, 0.5) is 5.69 Å². The Balaban J connectivity index is 1.56. The number of fused-ring (bicyclic) bond motifs is 3. The fourth-order valence-corrected chi connectivity index (χ4v) is 6.72. The Labute approximate surface area is 243 Å². The summed E-state index contributed by atoms with van der Waals surface area (Å²) in [6, 6.07) is 10.8. The van der Waals surface area contributed by atoms with E-state index in [1.54, 1.807) is 50.5 Å². The van der Waals surface area contributed by atoms with E-state index in [4.69, 9.17) is 5.73 Å². The SMILES string of the molecule is CN(C)[C@@H]1C(O)=C(C(N)=O)C(=O)[C@@]2(O)C(O)=C3C(=O)c4c(ccc(NC(=O)C(Br)c5ccccc5)c4O)CC3CC12. The summed E-state index contributed by atoms with van der Waals surface area (Å²) in [4.78, 5) is 52.9. The summed E-state index contributed by atoms with van der Waals surface area (Å²) in [5.74, 6) is -7.81. The van der Waals surface area contributed by atoms with E-state index in [2.05, 4.69) is 21.2 Å². The minimum Gasteiger partial charge on any atom is -0.510 e. The van der Waals surface area contributed by atoms with Crippen molar-refractivity contribution in [3.8, 4) is 5.75 Å². The molecule has 0 aliphatic heterocycles. The molecule has 12 heteroatoms. The molecule has 0 fully saturated rings. The highest BCUT2D eigenvalue weighted by Gasteiger charge is 2.63. The normalized spacial score (nSPS) is 26.3. The third-order valence-electron chi connectivity index (χ3n) is 8.18. The number of benzene rings is 2. The van der Waals surface area contributed by atoms with Gasteiger partial charge in [-0.2, -0.15) is 0 Å². The van der Waals surface area contributed by atoms with E-state index in [-0.39, 0.29) is 29.7 Å². The molecule has 11 nitrogen and oxygen atoms in total. The highest BCUT2D eigenvalue weighted by molar-refractivity contribution is 9.09. The van der Waals surface area contributed by atoms with Crippen LogP contribution < -0.4 is 11.1 Å². The van der Waals surface area contributed by atoms with Crippen molar-refractivity contribution < 1.29 is 39.6 Å². The zero-order valence-corrected chi connectivity index (χ0v) is 23.7. The van der Waals surface area contributed by atoms with Gasteiger partial charge in [-0.1, -0.05) is 52.3 Å². The topological polar surface area (TPSA) is 190 Å². The Morgan fingerprint density at radius 3 is 2.37 bits per heavy atom. The number of amides is 2. The number of phenolic OH excluding ortho intramolecular Hbond substituents is 1. The standard InChI is InChI=1S/C29H28BrN3O8/c1-33(2)21-15-11-14-10-13-8-9-16(32-28(40)20(30)12-6-4-3-5-7-12)22(34)17(13)23(35)18(14)25(37)29(15,41)26(38)19(24(21)36)27(31)39/h3-9,14-15,20-21,34,36-37,41H,10-11H2,1-2H3,(H2,31,39)(H,32,40)/t14?,15?,20?,21-,29-/m0/s1. The van der Waals surface area contributed by atoms with Crippen molar-refractivity contribution in [3.05, 3.63) is 81.8 Å². The largest absolute Gasteiger partial charge is 0.510 e. The summed E-state index contributed by atoms with van der Waals surface area (Å²) >= 11 is 3.33. The fourth-order valence-electron chi connectivity index (χ4n) is 6.30. The van der Waals surface area contributed by atoms with Gasteiger partial charge < -0.3 is 31.5 Å². The molecule has 0 heterocycles. The van der Waals surface area contributed by atoms with Gasteiger partial charge in [-0.25, -0.2) is 0 Å². The summed E-state index contributed by atoms with van der Waals surface area (Å²) in [6.07, 6.45) is 0.148. The summed E-state index contributed by atoms with van der Waals surface area (Å²) in [7, 11) is 3.13. The van der Waals surface area contributed by atoms with Crippen LogP contribution in [0, 0.1) is 11.8 Å². The van der Waals surface area contributed by atoms with Crippen LogP contribution in [0.25, 0.3) is 0 Å². The molecule has 0 saturated heterocycles. The lowest BCUT2D eigenvalue weighted by atomic mass is 9.58. The van der Waals surface area contributed by atoms with Gasteiger partial charge in [0.15, 0.2) is 17.1 Å². The number of Topliss-reactive ketones (excluding diaryl/α,β-unsaturated/α-hetero) is 2. The first-order valence-corrected chi connectivity index (χ1v) is 13.7. The third-order valence-corrected chi connectivity index (χ3v) is 9.12. The number of halogens is 1. The van der Waals surface area contributed by atoms with Crippen molar-refractivity contribution >= 4 is 45.0 Å². The molecular formula is C29H28BrN3O8. The number of aliphatic hydroxyl groups is 3. The first-order chi connectivity index (χ1) is 19.3. The summed E-state index contributed by atoms with van der Waals surface area (Å²) in [5.41, 5.74) is 2.38. The number of aliphatic hydroxyl groups excluding tert-OH is 2. The Morgan fingerprint density at radius 1 is 1.10 bits per heavy atom.